The number of β-lactam (4-membered cyclic amide) rings is 1. The monoisotopic (exact) mass is 744 g/mol. The highest BCUT2D eigenvalue weighted by Crippen LogP contribution is 2.51. The molecule has 252 valence electrons. The second kappa shape index (κ2) is 16.1. The number of hydrogen-bond acceptors (Lipinski definition) is 13. The summed E-state index contributed by atoms with van der Waals surface area (Å²) in [7, 11) is 1.18. The normalized spacial score (nSPS) is 19.9. The predicted molar refractivity (Wildman–Crippen MR) is 165 cm³/mol. The zero-order valence-corrected chi connectivity index (χ0v) is 27.6. The van der Waals surface area contributed by atoms with E-state index >= 15 is 0 Å². The number of rotatable bonds is 16. The van der Waals surface area contributed by atoms with Crippen LogP contribution in [-0.4, -0.2) is 102 Å². The van der Waals surface area contributed by atoms with E-state index in [4.69, 9.17) is 54.8 Å². The molecule has 16 nitrogen and oxygen atoms in total. The van der Waals surface area contributed by atoms with Crippen LogP contribution in [0.5, 0.6) is 5.75 Å². The van der Waals surface area contributed by atoms with Crippen molar-refractivity contribution in [3.05, 3.63) is 41.6 Å². The molecule has 46 heavy (non-hydrogen) atoms. The molecule has 3 rings (SSSR count). The molecule has 3 atom stereocenters. The number of carboxylic acid groups (broad SMARTS) is 2. The van der Waals surface area contributed by atoms with Gasteiger partial charge in [0.1, 0.15) is 29.5 Å². The van der Waals surface area contributed by atoms with Crippen molar-refractivity contribution < 1.29 is 58.0 Å². The maximum atomic E-state index is 13.7. The second-order valence-electron chi connectivity index (χ2n) is 9.32. The number of nitrogens with two attached hydrogens (primary N) is 1. The molecule has 0 aromatic heterocycles. The van der Waals surface area contributed by atoms with E-state index in [1.807, 2.05) is 0 Å². The number of amides is 3. The summed E-state index contributed by atoms with van der Waals surface area (Å²) in [5.41, 5.74) is 2.68. The van der Waals surface area contributed by atoms with Crippen LogP contribution < -0.4 is 15.9 Å². The lowest BCUT2D eigenvalue weighted by atomic mass is 9.99. The number of carbonyl (C=O) groups is 6. The number of fused-ring (bicyclic) bond motifs is 1. The highest BCUT2D eigenvalue weighted by molar-refractivity contribution is 8.11. The average Bonchev–Trinajstić information content (AvgIpc) is 2.99. The number of ether oxygens (including phenoxy) is 3. The van der Waals surface area contributed by atoms with Crippen LogP contribution in [0.1, 0.15) is 19.3 Å². The Balaban J connectivity index is 1.78. The number of methoxy groups -OCH3 is 1. The van der Waals surface area contributed by atoms with Gasteiger partial charge in [0.25, 0.3) is 16.2 Å². The molecule has 0 bridgehead atoms. The van der Waals surface area contributed by atoms with Gasteiger partial charge in [0.05, 0.1) is 5.88 Å². The fourth-order valence-corrected chi connectivity index (χ4v) is 6.82. The quantitative estimate of drug-likeness (QED) is 0.0628. The summed E-state index contributed by atoms with van der Waals surface area (Å²) < 4.78 is 13.9. The molecule has 0 spiro atoms. The van der Waals surface area contributed by atoms with Crippen LogP contribution >= 0.6 is 58.5 Å². The van der Waals surface area contributed by atoms with Crippen molar-refractivity contribution in [1.82, 2.24) is 14.7 Å². The van der Waals surface area contributed by atoms with E-state index in [0.29, 0.717) is 11.9 Å². The number of primary amides is 1. The van der Waals surface area contributed by atoms with Crippen LogP contribution in [0.2, 0.25) is 0 Å². The summed E-state index contributed by atoms with van der Waals surface area (Å²) in [6.07, 6.45) is -2.93. The lowest BCUT2D eigenvalue weighted by Gasteiger charge is -2.57. The lowest BCUT2D eigenvalue weighted by Crippen LogP contribution is -2.80. The molecule has 1 aromatic rings. The first-order chi connectivity index (χ1) is 21.7. The molecule has 1 unspecified atom stereocenters. The molecule has 0 radical (unpaired) electrons. The van der Waals surface area contributed by atoms with Crippen LogP contribution in [0, 0.1) is 0 Å². The van der Waals surface area contributed by atoms with Crippen molar-refractivity contribution in [1.29, 1.82) is 0 Å². The molecule has 3 amide bonds. The Hall–Kier alpha value is -3.13. The molecule has 2 aliphatic heterocycles. The first-order valence-corrected chi connectivity index (χ1v) is 16.1. The standard InChI is InChI=1S/C25H27Cl3N4O12S2/c1-41-25(20(38)31-17(19(36)37)13(10-42-22(29)39)11-45-21(25)31)32(44-14-6-3-2-4-7-14)46-16(33)9-5-8-15(18(34)35)30-23(40)43-24(27,28)12-26/h2-4,6-7,15,21H,5,8-12H2,1H3,(H2,29,39)(H,30,40)(H,34,35)(H,36,37)/t15?,21-,25+/m1/s1. The third-order valence-electron chi connectivity index (χ3n) is 6.24. The molecular formula is C25H27Cl3N4O12S2. The van der Waals surface area contributed by atoms with Gasteiger partial charge in [0.15, 0.2) is 0 Å². The van der Waals surface area contributed by atoms with Gasteiger partial charge in [-0.3, -0.25) is 14.5 Å². The summed E-state index contributed by atoms with van der Waals surface area (Å²) >= 11 is 18.3. The van der Waals surface area contributed by atoms with Crippen LogP contribution in [0.4, 0.5) is 9.59 Å². The number of nitrogens with one attached hydrogen (secondary N) is 1. The number of hydrogen-bond donors (Lipinski definition) is 4. The minimum Gasteiger partial charge on any atom is -0.480 e. The number of alkyl carbamates (subject to hydrolysis) is 1. The van der Waals surface area contributed by atoms with Crippen LogP contribution in [-0.2, 0) is 33.4 Å². The summed E-state index contributed by atoms with van der Waals surface area (Å²) in [6.45, 7) is -0.465. The van der Waals surface area contributed by atoms with Gasteiger partial charge in [-0.25, -0.2) is 19.2 Å². The first kappa shape index (κ1) is 37.3. The second-order valence-corrected chi connectivity index (χ2v) is 13.0. The highest BCUT2D eigenvalue weighted by atomic mass is 35.5. The Morgan fingerprint density at radius 1 is 1.24 bits per heavy atom. The number of para-hydroxylation sites is 1. The summed E-state index contributed by atoms with van der Waals surface area (Å²) in [6, 6.07) is 6.57. The van der Waals surface area contributed by atoms with E-state index in [1.54, 1.807) is 30.3 Å². The summed E-state index contributed by atoms with van der Waals surface area (Å²) in [4.78, 5) is 80.7. The van der Waals surface area contributed by atoms with Crippen LogP contribution in [0.3, 0.4) is 0 Å². The number of thioether (sulfide) groups is 1. The summed E-state index contributed by atoms with van der Waals surface area (Å²) in [5.74, 6) is -4.08. The minimum absolute atomic E-state index is 0.00226. The van der Waals surface area contributed by atoms with E-state index in [2.05, 4.69) is 10.1 Å². The van der Waals surface area contributed by atoms with E-state index in [0.717, 1.165) is 21.1 Å². The smallest absolute Gasteiger partial charge is 0.410 e. The van der Waals surface area contributed by atoms with Gasteiger partial charge in [0.2, 0.25) is 5.12 Å². The van der Waals surface area contributed by atoms with E-state index in [-0.39, 0.29) is 36.3 Å². The van der Waals surface area contributed by atoms with Gasteiger partial charge in [-0.2, -0.15) is 0 Å². The van der Waals surface area contributed by atoms with Crippen molar-refractivity contribution >= 4 is 93.7 Å². The van der Waals surface area contributed by atoms with Crippen LogP contribution in [0.25, 0.3) is 0 Å². The van der Waals surface area contributed by atoms with Crippen molar-refractivity contribution in [3.63, 3.8) is 0 Å². The molecule has 1 aromatic carbocycles. The average molecular weight is 746 g/mol. The number of nitrogens with zero attached hydrogens (tertiary/aromatic N) is 2. The maximum absolute atomic E-state index is 13.7. The van der Waals surface area contributed by atoms with Crippen molar-refractivity contribution in [2.45, 2.75) is 40.9 Å². The molecule has 21 heteroatoms. The molecule has 1 fully saturated rings. The maximum Gasteiger partial charge on any atom is 0.410 e. The van der Waals surface area contributed by atoms with Gasteiger partial charge in [-0.05, 0) is 29.4 Å². The summed E-state index contributed by atoms with van der Waals surface area (Å²) in [5, 5.41) is 19.8. The topological polar surface area (TPSA) is 224 Å². The fourth-order valence-electron chi connectivity index (χ4n) is 4.18. The number of benzene rings is 1. The zero-order valence-electron chi connectivity index (χ0n) is 23.7. The third kappa shape index (κ3) is 8.81. The van der Waals surface area contributed by atoms with Gasteiger partial charge < -0.3 is 40.3 Å². The number of halogens is 3. The molecule has 2 aliphatic rings. The number of carboxylic acids is 2. The Bertz CT molecular complexity index is 1390. The van der Waals surface area contributed by atoms with E-state index < -0.39 is 75.0 Å². The van der Waals surface area contributed by atoms with Crippen molar-refractivity contribution in [2.24, 2.45) is 5.73 Å². The first-order valence-electron chi connectivity index (χ1n) is 12.9. The van der Waals surface area contributed by atoms with Crippen molar-refractivity contribution in [3.8, 4) is 5.75 Å². The number of aliphatic carboxylic acids is 2. The number of alkyl halides is 3. The number of carbonyl (C=O) groups excluding carboxylic acids is 4. The Kier molecular flexibility index (Phi) is 13.1. The van der Waals surface area contributed by atoms with Crippen molar-refractivity contribution in [2.75, 3.05) is 25.3 Å². The lowest BCUT2D eigenvalue weighted by molar-refractivity contribution is -0.246. The number of hydroxylamine groups is 1. The largest absolute Gasteiger partial charge is 0.480 e. The van der Waals surface area contributed by atoms with Gasteiger partial charge >= 0.3 is 24.1 Å². The molecule has 0 aliphatic carbocycles. The fraction of sp³-hybridized carbons (Fsp3) is 0.440. The van der Waals surface area contributed by atoms with Gasteiger partial charge in [-0.15, -0.1) is 23.4 Å². The molecular weight excluding hydrogens is 719 g/mol. The Morgan fingerprint density at radius 2 is 1.91 bits per heavy atom. The predicted octanol–water partition coefficient (Wildman–Crippen LogP) is 2.87. The molecule has 1 saturated heterocycles. The zero-order chi connectivity index (χ0) is 34.2. The third-order valence-corrected chi connectivity index (χ3v) is 9.59. The van der Waals surface area contributed by atoms with E-state index in [1.165, 1.54) is 7.11 Å². The molecule has 2 heterocycles. The molecule has 0 saturated carbocycles. The highest BCUT2D eigenvalue weighted by Gasteiger charge is 2.71. The SMILES string of the molecule is CO[C@@]1(N(Oc2ccccc2)SC(=O)CCCC(NC(=O)OC(Cl)(Cl)CCl)C(=O)O)C(=O)N2C(C(=O)O)=C(COC(N)=O)CS[C@@H]21. The Morgan fingerprint density at radius 3 is 2.48 bits per heavy atom. The Labute approximate surface area is 284 Å². The minimum atomic E-state index is -2.09. The van der Waals surface area contributed by atoms with Gasteiger partial charge in [0, 0.05) is 36.8 Å². The van der Waals surface area contributed by atoms with Gasteiger partial charge in [-0.1, -0.05) is 41.4 Å². The van der Waals surface area contributed by atoms with Crippen LogP contribution in [0.15, 0.2) is 41.6 Å². The molecule has 5 N–H and O–H groups in total. The van der Waals surface area contributed by atoms with E-state index in [9.17, 15) is 39.0 Å².